The Hall–Kier alpha value is 0.0700. The first-order chi connectivity index (χ1) is 4.58. The Morgan fingerprint density at radius 2 is 2.00 bits per heavy atom. The monoisotopic (exact) mass is 187 g/mol. The molecule has 11 heavy (non-hydrogen) atoms. The van der Waals surface area contributed by atoms with Gasteiger partial charge in [0.1, 0.15) is 6.10 Å². The largest absolute Gasteiger partial charge is 0.387 e. The number of alkyl halides is 2. The highest BCUT2D eigenvalue weighted by Gasteiger charge is 2.46. The van der Waals surface area contributed by atoms with Gasteiger partial charge in [-0.3, -0.25) is 0 Å². The number of halogens is 3. The summed E-state index contributed by atoms with van der Waals surface area (Å²) in [5, 5.41) is 8.89. The predicted octanol–water partition coefficient (Wildman–Crippen LogP) is 0.773. The molecule has 3 N–H and O–H groups in total. The molecular formula is C6H12ClF2NO. The molecule has 0 saturated heterocycles. The maximum Gasteiger partial charge on any atom is 0.285 e. The van der Waals surface area contributed by atoms with E-state index in [1.165, 1.54) is 0 Å². The molecule has 0 amide bonds. The average molecular weight is 188 g/mol. The summed E-state index contributed by atoms with van der Waals surface area (Å²) in [7, 11) is 0. The fraction of sp³-hybridized carbons (Fsp3) is 1.00. The van der Waals surface area contributed by atoms with E-state index in [4.69, 9.17) is 10.8 Å². The van der Waals surface area contributed by atoms with Crippen LogP contribution in [0.15, 0.2) is 0 Å². The zero-order valence-corrected chi connectivity index (χ0v) is 6.78. The highest BCUT2D eigenvalue weighted by Crippen LogP contribution is 2.38. The summed E-state index contributed by atoms with van der Waals surface area (Å²) < 4.78 is 24.9. The molecule has 0 spiro atoms. The van der Waals surface area contributed by atoms with E-state index in [1.54, 1.807) is 0 Å². The molecule has 0 aromatic rings. The van der Waals surface area contributed by atoms with Crippen molar-refractivity contribution < 1.29 is 13.9 Å². The second-order valence-electron chi connectivity index (χ2n) is 2.75. The van der Waals surface area contributed by atoms with Gasteiger partial charge in [0.25, 0.3) is 5.92 Å². The van der Waals surface area contributed by atoms with Crippen LogP contribution in [0.4, 0.5) is 8.78 Å². The van der Waals surface area contributed by atoms with E-state index in [9.17, 15) is 8.78 Å². The normalized spacial score (nSPS) is 20.7. The minimum absolute atomic E-state index is 0. The molecule has 1 aliphatic rings. The van der Waals surface area contributed by atoms with Gasteiger partial charge in [-0.15, -0.1) is 12.4 Å². The van der Waals surface area contributed by atoms with Crippen LogP contribution in [0.5, 0.6) is 0 Å². The summed E-state index contributed by atoms with van der Waals surface area (Å²) in [6.45, 7) is -0.759. The third-order valence-electron chi connectivity index (χ3n) is 1.77. The standard InChI is InChI=1S/C6H11F2NO.ClH/c7-6(8,3-9)5(10)4-1-2-4;/h4-5,10H,1-3,9H2;1H. The molecule has 1 unspecified atom stereocenters. The maximum atomic E-state index is 12.5. The van der Waals surface area contributed by atoms with Gasteiger partial charge in [-0.25, -0.2) is 8.78 Å². The number of aliphatic hydroxyl groups excluding tert-OH is 1. The highest BCUT2D eigenvalue weighted by atomic mass is 35.5. The topological polar surface area (TPSA) is 46.2 Å². The van der Waals surface area contributed by atoms with Crippen molar-refractivity contribution in [2.24, 2.45) is 11.7 Å². The van der Waals surface area contributed by atoms with Crippen molar-refractivity contribution in [1.82, 2.24) is 0 Å². The van der Waals surface area contributed by atoms with Crippen LogP contribution in [0.1, 0.15) is 12.8 Å². The summed E-state index contributed by atoms with van der Waals surface area (Å²) >= 11 is 0. The second kappa shape index (κ2) is 3.65. The van der Waals surface area contributed by atoms with Gasteiger partial charge < -0.3 is 10.8 Å². The van der Waals surface area contributed by atoms with Crippen molar-refractivity contribution in [2.75, 3.05) is 6.54 Å². The third kappa shape index (κ3) is 2.54. The quantitative estimate of drug-likeness (QED) is 0.686. The first-order valence-electron chi connectivity index (χ1n) is 3.34. The van der Waals surface area contributed by atoms with E-state index in [0.717, 1.165) is 0 Å². The van der Waals surface area contributed by atoms with Gasteiger partial charge >= 0.3 is 0 Å². The first kappa shape index (κ1) is 11.1. The molecule has 0 aliphatic heterocycles. The zero-order chi connectivity index (χ0) is 7.78. The van der Waals surface area contributed by atoms with Gasteiger partial charge in [-0.1, -0.05) is 0 Å². The molecular weight excluding hydrogens is 176 g/mol. The van der Waals surface area contributed by atoms with Gasteiger partial charge in [0.15, 0.2) is 0 Å². The SMILES string of the molecule is Cl.NCC(F)(F)C(O)C1CC1. The number of aliphatic hydroxyl groups is 1. The smallest absolute Gasteiger partial charge is 0.285 e. The van der Waals surface area contributed by atoms with Crippen LogP contribution < -0.4 is 5.73 Å². The molecule has 5 heteroatoms. The van der Waals surface area contributed by atoms with Gasteiger partial charge in [0, 0.05) is 0 Å². The molecule has 1 atom stereocenters. The van der Waals surface area contributed by atoms with Crippen LogP contribution >= 0.6 is 12.4 Å². The Bertz CT molecular complexity index is 130. The van der Waals surface area contributed by atoms with Crippen molar-refractivity contribution in [2.45, 2.75) is 24.9 Å². The van der Waals surface area contributed by atoms with Crippen molar-refractivity contribution in [3.05, 3.63) is 0 Å². The molecule has 1 rings (SSSR count). The summed E-state index contributed by atoms with van der Waals surface area (Å²) in [5.74, 6) is -3.29. The number of hydrogen-bond donors (Lipinski definition) is 2. The van der Waals surface area contributed by atoms with Crippen LogP contribution in [-0.2, 0) is 0 Å². The molecule has 68 valence electrons. The van der Waals surface area contributed by atoms with E-state index in [2.05, 4.69) is 0 Å². The lowest BCUT2D eigenvalue weighted by molar-refractivity contribution is -0.109. The summed E-state index contributed by atoms with van der Waals surface area (Å²) in [6.07, 6.45) is -0.106. The van der Waals surface area contributed by atoms with Crippen LogP contribution in [0.3, 0.4) is 0 Å². The minimum Gasteiger partial charge on any atom is -0.387 e. The third-order valence-corrected chi connectivity index (χ3v) is 1.77. The first-order valence-corrected chi connectivity index (χ1v) is 3.34. The van der Waals surface area contributed by atoms with Gasteiger partial charge in [-0.2, -0.15) is 0 Å². The highest BCUT2D eigenvalue weighted by molar-refractivity contribution is 5.85. The molecule has 0 heterocycles. The molecule has 2 nitrogen and oxygen atoms in total. The van der Waals surface area contributed by atoms with E-state index < -0.39 is 18.6 Å². The molecule has 1 fully saturated rings. The molecule has 0 radical (unpaired) electrons. The Balaban J connectivity index is 0.000001000. The lowest BCUT2D eigenvalue weighted by atomic mass is 10.1. The Morgan fingerprint density at radius 3 is 2.27 bits per heavy atom. The molecule has 0 aromatic carbocycles. The zero-order valence-electron chi connectivity index (χ0n) is 5.96. The fourth-order valence-corrected chi connectivity index (χ4v) is 0.878. The van der Waals surface area contributed by atoms with Crippen LogP contribution in [0.2, 0.25) is 0 Å². The summed E-state index contributed by atoms with van der Waals surface area (Å²) in [5.41, 5.74) is 4.76. The maximum absolute atomic E-state index is 12.5. The van der Waals surface area contributed by atoms with E-state index in [0.29, 0.717) is 12.8 Å². The Morgan fingerprint density at radius 1 is 1.55 bits per heavy atom. The van der Waals surface area contributed by atoms with Crippen LogP contribution in [0, 0.1) is 5.92 Å². The fourth-order valence-electron chi connectivity index (χ4n) is 0.878. The summed E-state index contributed by atoms with van der Waals surface area (Å²) in [4.78, 5) is 0. The van der Waals surface area contributed by atoms with Crippen molar-refractivity contribution >= 4 is 12.4 Å². The number of rotatable bonds is 3. The van der Waals surface area contributed by atoms with Crippen molar-refractivity contribution in [1.29, 1.82) is 0 Å². The molecule has 0 bridgehead atoms. The predicted molar refractivity (Wildman–Crippen MR) is 40.0 cm³/mol. The average Bonchev–Trinajstić information content (AvgIpc) is 2.68. The molecule has 0 aromatic heterocycles. The van der Waals surface area contributed by atoms with Crippen molar-refractivity contribution in [3.8, 4) is 0 Å². The number of hydrogen-bond acceptors (Lipinski definition) is 2. The van der Waals surface area contributed by atoms with E-state index in [1.807, 2.05) is 0 Å². The minimum atomic E-state index is -3.08. The van der Waals surface area contributed by atoms with E-state index in [-0.39, 0.29) is 18.3 Å². The Labute approximate surface area is 70.2 Å². The van der Waals surface area contributed by atoms with Crippen molar-refractivity contribution in [3.63, 3.8) is 0 Å². The van der Waals surface area contributed by atoms with Crippen LogP contribution in [-0.4, -0.2) is 23.7 Å². The molecule has 1 saturated carbocycles. The van der Waals surface area contributed by atoms with Gasteiger partial charge in [0.05, 0.1) is 6.54 Å². The van der Waals surface area contributed by atoms with Gasteiger partial charge in [-0.05, 0) is 18.8 Å². The van der Waals surface area contributed by atoms with Gasteiger partial charge in [0.2, 0.25) is 0 Å². The Kier molecular flexibility index (Phi) is 3.67. The molecule has 1 aliphatic carbocycles. The second-order valence-corrected chi connectivity index (χ2v) is 2.75. The van der Waals surface area contributed by atoms with E-state index >= 15 is 0 Å². The summed E-state index contributed by atoms with van der Waals surface area (Å²) in [6, 6.07) is 0. The number of nitrogens with two attached hydrogens (primary N) is 1. The lowest BCUT2D eigenvalue weighted by Crippen LogP contribution is -2.41. The van der Waals surface area contributed by atoms with Crippen LogP contribution in [0.25, 0.3) is 0 Å². The lowest BCUT2D eigenvalue weighted by Gasteiger charge is -2.19.